The lowest BCUT2D eigenvalue weighted by molar-refractivity contribution is 0.00730. The monoisotopic (exact) mass is 273 g/mol. The molecule has 0 bridgehead atoms. The molecule has 1 fully saturated rings. The lowest BCUT2D eigenvalue weighted by atomic mass is 9.97. The summed E-state index contributed by atoms with van der Waals surface area (Å²) in [7, 11) is 0. The fourth-order valence-corrected chi connectivity index (χ4v) is 2.64. The van der Waals surface area contributed by atoms with Gasteiger partial charge in [0, 0.05) is 22.7 Å². The van der Waals surface area contributed by atoms with Gasteiger partial charge in [-0.2, -0.15) is 0 Å². The molecular formula is C13H17Cl2NO. The summed E-state index contributed by atoms with van der Waals surface area (Å²) in [5.74, 6) is 0. The first kappa shape index (κ1) is 13.2. The Bertz CT molecular complexity index is 378. The number of nitrogens with two attached hydrogens (primary N) is 1. The van der Waals surface area contributed by atoms with Gasteiger partial charge < -0.3 is 10.5 Å². The van der Waals surface area contributed by atoms with Crippen molar-refractivity contribution < 1.29 is 4.74 Å². The molecule has 2 unspecified atom stereocenters. The minimum Gasteiger partial charge on any atom is -0.378 e. The van der Waals surface area contributed by atoms with Crippen molar-refractivity contribution in [2.75, 3.05) is 6.61 Å². The smallest absolute Gasteiger partial charge is 0.0593 e. The van der Waals surface area contributed by atoms with Gasteiger partial charge in [-0.15, -0.1) is 0 Å². The normalized spacial score (nSPS) is 22.4. The fraction of sp³-hybridized carbons (Fsp3) is 0.538. The van der Waals surface area contributed by atoms with Crippen LogP contribution in [-0.2, 0) is 4.74 Å². The number of hydrogen-bond donors (Lipinski definition) is 1. The number of hydrogen-bond acceptors (Lipinski definition) is 2. The highest BCUT2D eigenvalue weighted by Gasteiger charge is 2.19. The molecule has 2 rings (SSSR count). The van der Waals surface area contributed by atoms with Crippen LogP contribution in [0.15, 0.2) is 18.2 Å². The van der Waals surface area contributed by atoms with Crippen molar-refractivity contribution in [3.63, 3.8) is 0 Å². The molecule has 1 heterocycles. The van der Waals surface area contributed by atoms with Gasteiger partial charge in [0.15, 0.2) is 0 Å². The van der Waals surface area contributed by atoms with Crippen molar-refractivity contribution in [1.29, 1.82) is 0 Å². The largest absolute Gasteiger partial charge is 0.378 e. The van der Waals surface area contributed by atoms with Gasteiger partial charge >= 0.3 is 0 Å². The highest BCUT2D eigenvalue weighted by molar-refractivity contribution is 6.33. The summed E-state index contributed by atoms with van der Waals surface area (Å²) >= 11 is 12.1. The molecule has 1 aromatic carbocycles. The minimum absolute atomic E-state index is 0.107. The number of ether oxygens (including phenoxy) is 1. The van der Waals surface area contributed by atoms with Crippen LogP contribution >= 0.6 is 23.2 Å². The average molecular weight is 274 g/mol. The maximum Gasteiger partial charge on any atom is 0.0593 e. The van der Waals surface area contributed by atoms with Crippen molar-refractivity contribution in [3.05, 3.63) is 33.8 Å². The quantitative estimate of drug-likeness (QED) is 0.905. The van der Waals surface area contributed by atoms with Crippen LogP contribution in [0.2, 0.25) is 10.0 Å². The lowest BCUT2D eigenvalue weighted by Crippen LogP contribution is -2.25. The predicted octanol–water partition coefficient (Wildman–Crippen LogP) is 3.95. The number of rotatable bonds is 3. The molecule has 0 spiro atoms. The number of benzene rings is 1. The van der Waals surface area contributed by atoms with E-state index in [1.54, 1.807) is 12.1 Å². The second-order valence-electron chi connectivity index (χ2n) is 4.50. The molecule has 2 nitrogen and oxygen atoms in total. The SMILES string of the molecule is NC(CC1CCCCO1)c1cc(Cl)ccc1Cl. The van der Waals surface area contributed by atoms with Gasteiger partial charge in [-0.25, -0.2) is 0 Å². The van der Waals surface area contributed by atoms with E-state index in [-0.39, 0.29) is 12.1 Å². The van der Waals surface area contributed by atoms with Gasteiger partial charge in [0.25, 0.3) is 0 Å². The van der Waals surface area contributed by atoms with Gasteiger partial charge in [-0.1, -0.05) is 23.2 Å². The zero-order chi connectivity index (χ0) is 12.3. The third-order valence-electron chi connectivity index (χ3n) is 3.15. The molecule has 2 atom stereocenters. The molecule has 0 saturated carbocycles. The molecular weight excluding hydrogens is 257 g/mol. The summed E-state index contributed by atoms with van der Waals surface area (Å²) in [6.45, 7) is 0.848. The topological polar surface area (TPSA) is 35.2 Å². The van der Waals surface area contributed by atoms with E-state index >= 15 is 0 Å². The summed E-state index contributed by atoms with van der Waals surface area (Å²) in [4.78, 5) is 0. The molecule has 1 saturated heterocycles. The van der Waals surface area contributed by atoms with E-state index in [9.17, 15) is 0 Å². The standard InChI is InChI=1S/C13H17Cl2NO/c14-9-4-5-12(15)11(7-9)13(16)8-10-3-1-2-6-17-10/h4-5,7,10,13H,1-3,6,8,16H2. The van der Waals surface area contributed by atoms with Gasteiger partial charge in [-0.05, 0) is 49.4 Å². The van der Waals surface area contributed by atoms with Crippen LogP contribution in [0.3, 0.4) is 0 Å². The van der Waals surface area contributed by atoms with E-state index in [0.717, 1.165) is 31.4 Å². The Balaban J connectivity index is 2.02. The van der Waals surface area contributed by atoms with E-state index in [4.69, 9.17) is 33.7 Å². The van der Waals surface area contributed by atoms with Gasteiger partial charge in [0.2, 0.25) is 0 Å². The van der Waals surface area contributed by atoms with Crippen molar-refractivity contribution >= 4 is 23.2 Å². The second kappa shape index (κ2) is 6.05. The van der Waals surface area contributed by atoms with E-state index in [0.29, 0.717) is 10.0 Å². The highest BCUT2D eigenvalue weighted by Crippen LogP contribution is 2.29. The van der Waals surface area contributed by atoms with Crippen LogP contribution < -0.4 is 5.73 Å². The summed E-state index contributed by atoms with van der Waals surface area (Å²) in [6.07, 6.45) is 4.53. The maximum absolute atomic E-state index is 6.17. The third-order valence-corrected chi connectivity index (χ3v) is 3.73. The Labute approximate surface area is 112 Å². The van der Waals surface area contributed by atoms with Crippen LogP contribution in [0.25, 0.3) is 0 Å². The first-order chi connectivity index (χ1) is 8.16. The molecule has 17 heavy (non-hydrogen) atoms. The van der Waals surface area contributed by atoms with Gasteiger partial charge in [0.05, 0.1) is 6.10 Å². The Morgan fingerprint density at radius 1 is 1.35 bits per heavy atom. The maximum atomic E-state index is 6.17. The van der Waals surface area contributed by atoms with Crippen molar-refractivity contribution in [2.45, 2.75) is 37.8 Å². The summed E-state index contributed by atoms with van der Waals surface area (Å²) in [5.41, 5.74) is 7.08. The van der Waals surface area contributed by atoms with E-state index < -0.39 is 0 Å². The third kappa shape index (κ3) is 3.59. The predicted molar refractivity (Wildman–Crippen MR) is 71.6 cm³/mol. The zero-order valence-corrected chi connectivity index (χ0v) is 11.2. The van der Waals surface area contributed by atoms with E-state index in [2.05, 4.69) is 0 Å². The molecule has 0 amide bonds. The first-order valence-electron chi connectivity index (χ1n) is 5.99. The van der Waals surface area contributed by atoms with Crippen LogP contribution in [0.5, 0.6) is 0 Å². The average Bonchev–Trinajstić information content (AvgIpc) is 2.33. The van der Waals surface area contributed by atoms with Crippen molar-refractivity contribution in [1.82, 2.24) is 0 Å². The Hall–Kier alpha value is -0.280. The van der Waals surface area contributed by atoms with E-state index in [1.165, 1.54) is 6.42 Å². The van der Waals surface area contributed by atoms with E-state index in [1.807, 2.05) is 6.07 Å². The lowest BCUT2D eigenvalue weighted by Gasteiger charge is -2.25. The molecule has 94 valence electrons. The Morgan fingerprint density at radius 3 is 2.88 bits per heavy atom. The summed E-state index contributed by atoms with van der Waals surface area (Å²) in [6, 6.07) is 5.30. The molecule has 0 aliphatic carbocycles. The zero-order valence-electron chi connectivity index (χ0n) is 9.66. The van der Waals surface area contributed by atoms with Crippen molar-refractivity contribution in [3.8, 4) is 0 Å². The fourth-order valence-electron chi connectivity index (χ4n) is 2.20. The molecule has 4 heteroatoms. The minimum atomic E-state index is -0.107. The van der Waals surface area contributed by atoms with Crippen LogP contribution in [0.4, 0.5) is 0 Å². The molecule has 0 radical (unpaired) electrons. The van der Waals surface area contributed by atoms with Crippen LogP contribution in [-0.4, -0.2) is 12.7 Å². The van der Waals surface area contributed by atoms with Crippen molar-refractivity contribution in [2.24, 2.45) is 5.73 Å². The van der Waals surface area contributed by atoms with Crippen LogP contribution in [0, 0.1) is 0 Å². The van der Waals surface area contributed by atoms with Crippen LogP contribution in [0.1, 0.15) is 37.3 Å². The number of halogens is 2. The highest BCUT2D eigenvalue weighted by atomic mass is 35.5. The molecule has 1 aliphatic heterocycles. The molecule has 0 aromatic heterocycles. The Kier molecular flexibility index (Phi) is 4.69. The molecule has 1 aromatic rings. The first-order valence-corrected chi connectivity index (χ1v) is 6.74. The summed E-state index contributed by atoms with van der Waals surface area (Å²) < 4.78 is 5.68. The Morgan fingerprint density at radius 2 is 2.18 bits per heavy atom. The van der Waals surface area contributed by atoms with Gasteiger partial charge in [-0.3, -0.25) is 0 Å². The second-order valence-corrected chi connectivity index (χ2v) is 5.34. The summed E-state index contributed by atoms with van der Waals surface area (Å²) in [5, 5.41) is 1.35. The molecule has 1 aliphatic rings. The molecule has 2 N–H and O–H groups in total. The van der Waals surface area contributed by atoms with Gasteiger partial charge in [0.1, 0.15) is 0 Å².